The van der Waals surface area contributed by atoms with Crippen LogP contribution in [-0.2, 0) is 16.0 Å². The van der Waals surface area contributed by atoms with Crippen molar-refractivity contribution in [3.05, 3.63) is 46.5 Å². The van der Waals surface area contributed by atoms with Gasteiger partial charge in [-0.25, -0.2) is 0 Å². The predicted molar refractivity (Wildman–Crippen MR) is 93.2 cm³/mol. The third-order valence-corrected chi connectivity index (χ3v) is 4.70. The van der Waals surface area contributed by atoms with E-state index in [9.17, 15) is 29.7 Å². The van der Waals surface area contributed by atoms with Gasteiger partial charge in [-0.2, -0.15) is 0 Å². The van der Waals surface area contributed by atoms with Crippen LogP contribution in [-0.4, -0.2) is 47.0 Å². The number of likely N-dealkylation sites (tertiary alicyclic amines) is 1. The summed E-state index contributed by atoms with van der Waals surface area (Å²) in [6.07, 6.45) is 0.592. The van der Waals surface area contributed by atoms with Crippen LogP contribution in [0.3, 0.4) is 0 Å². The maximum absolute atomic E-state index is 12.5. The van der Waals surface area contributed by atoms with Gasteiger partial charge in [0.25, 0.3) is 5.91 Å². The minimum Gasteiger partial charge on any atom is -0.545 e. The number of aliphatic hydroxyl groups excluding tert-OH is 1. The van der Waals surface area contributed by atoms with Crippen LogP contribution in [0.5, 0.6) is 0 Å². The standard InChI is InChI=1S/C20H25NO6.2Na/c1-12(2)17(20(26)27)16(19(24)25)11-13-3-5-14(6-4-13)18(23)21-9-7-15(22)8-10-21;;/h3-6,12,15,22H,7-11H2,1-2H3,(H,24,25)(H,26,27);;/q;2*+1/p-2. The molecule has 1 saturated heterocycles. The van der Waals surface area contributed by atoms with Gasteiger partial charge >= 0.3 is 59.1 Å². The van der Waals surface area contributed by atoms with Crippen LogP contribution >= 0.6 is 0 Å². The summed E-state index contributed by atoms with van der Waals surface area (Å²) in [4.78, 5) is 36.9. The number of hydrogen-bond donors (Lipinski definition) is 1. The molecule has 0 radical (unpaired) electrons. The van der Waals surface area contributed by atoms with Gasteiger partial charge in [-0.05, 0) is 54.0 Å². The van der Waals surface area contributed by atoms with Gasteiger partial charge < -0.3 is 29.8 Å². The Morgan fingerprint density at radius 1 is 1.03 bits per heavy atom. The third kappa shape index (κ3) is 7.83. The maximum atomic E-state index is 12.5. The second-order valence-electron chi connectivity index (χ2n) is 7.02. The molecule has 1 aromatic carbocycles. The molecule has 0 aromatic heterocycles. The maximum Gasteiger partial charge on any atom is 1.00 e. The molecule has 0 unspecified atom stereocenters. The van der Waals surface area contributed by atoms with Crippen molar-refractivity contribution in [2.45, 2.75) is 39.2 Å². The summed E-state index contributed by atoms with van der Waals surface area (Å²) in [6, 6.07) is 6.37. The van der Waals surface area contributed by atoms with Gasteiger partial charge in [-0.1, -0.05) is 26.0 Å². The zero-order valence-corrected chi connectivity index (χ0v) is 21.4. The number of hydrogen-bond acceptors (Lipinski definition) is 6. The van der Waals surface area contributed by atoms with Gasteiger partial charge in [0.2, 0.25) is 0 Å². The van der Waals surface area contributed by atoms with Gasteiger partial charge in [-0.15, -0.1) is 0 Å². The van der Waals surface area contributed by atoms with Crippen molar-refractivity contribution in [2.75, 3.05) is 13.1 Å². The monoisotopic (exact) mass is 419 g/mol. The first-order valence-corrected chi connectivity index (χ1v) is 8.92. The van der Waals surface area contributed by atoms with Gasteiger partial charge in [0.1, 0.15) is 0 Å². The van der Waals surface area contributed by atoms with Gasteiger partial charge in [0, 0.05) is 18.7 Å². The van der Waals surface area contributed by atoms with Crippen LogP contribution in [0.2, 0.25) is 0 Å². The molecule has 0 aliphatic carbocycles. The number of benzene rings is 1. The smallest absolute Gasteiger partial charge is 0.545 e. The first-order valence-electron chi connectivity index (χ1n) is 8.92. The van der Waals surface area contributed by atoms with E-state index in [-0.39, 0.29) is 88.7 Å². The summed E-state index contributed by atoms with van der Waals surface area (Å²) < 4.78 is 0. The first kappa shape index (κ1) is 28.3. The molecule has 29 heavy (non-hydrogen) atoms. The van der Waals surface area contributed by atoms with E-state index < -0.39 is 17.9 Å². The summed E-state index contributed by atoms with van der Waals surface area (Å²) >= 11 is 0. The molecule has 1 aliphatic rings. The normalized spacial score (nSPS) is 15.1. The van der Waals surface area contributed by atoms with E-state index in [0.717, 1.165) is 0 Å². The first-order chi connectivity index (χ1) is 12.7. The Labute approximate surface area is 214 Å². The van der Waals surface area contributed by atoms with E-state index >= 15 is 0 Å². The number of carbonyl (C=O) groups excluding carboxylic acids is 3. The molecule has 0 atom stereocenters. The second-order valence-corrected chi connectivity index (χ2v) is 7.02. The number of carbonyl (C=O) groups is 3. The molecular weight excluding hydrogens is 396 g/mol. The largest absolute Gasteiger partial charge is 1.00 e. The topological polar surface area (TPSA) is 121 Å². The average Bonchev–Trinajstić information content (AvgIpc) is 2.61. The van der Waals surface area contributed by atoms with E-state index in [2.05, 4.69) is 0 Å². The molecule has 1 N–H and O–H groups in total. The number of carboxylic acid groups (broad SMARTS) is 2. The van der Waals surface area contributed by atoms with Crippen LogP contribution < -0.4 is 69.3 Å². The van der Waals surface area contributed by atoms with Crippen molar-refractivity contribution in [3.63, 3.8) is 0 Å². The molecule has 0 bridgehead atoms. The molecule has 2 rings (SSSR count). The number of nitrogens with zero attached hydrogens (tertiary/aromatic N) is 1. The van der Waals surface area contributed by atoms with Crippen LogP contribution in [0, 0.1) is 5.92 Å². The molecular formula is C20H23NNa2O6. The van der Waals surface area contributed by atoms with Crippen molar-refractivity contribution in [1.82, 2.24) is 4.90 Å². The zero-order valence-electron chi connectivity index (χ0n) is 17.4. The minimum absolute atomic E-state index is 0. The molecule has 1 amide bonds. The van der Waals surface area contributed by atoms with Gasteiger partial charge in [0.05, 0.1) is 18.0 Å². The van der Waals surface area contributed by atoms with E-state index in [1.165, 1.54) is 0 Å². The summed E-state index contributed by atoms with van der Waals surface area (Å²) in [5, 5.41) is 32.2. The van der Waals surface area contributed by atoms with Crippen molar-refractivity contribution < 1.29 is 88.8 Å². The Kier molecular flexibility index (Phi) is 12.6. The van der Waals surface area contributed by atoms with Crippen molar-refractivity contribution in [1.29, 1.82) is 0 Å². The van der Waals surface area contributed by atoms with Crippen molar-refractivity contribution in [3.8, 4) is 0 Å². The molecule has 7 nitrogen and oxygen atoms in total. The number of carboxylic acids is 2. The third-order valence-electron chi connectivity index (χ3n) is 4.70. The Morgan fingerprint density at radius 3 is 1.97 bits per heavy atom. The fourth-order valence-electron chi connectivity index (χ4n) is 3.21. The summed E-state index contributed by atoms with van der Waals surface area (Å²) in [5.41, 5.74) is 0.397. The molecule has 1 aliphatic heterocycles. The Balaban J connectivity index is 0.00000392. The SMILES string of the molecule is CC(C)C(C(=O)[O-])=C(Cc1ccc(C(=O)N2CCC(O)CC2)cc1)C(=O)[O-].[Na+].[Na+]. The van der Waals surface area contributed by atoms with Crippen LogP contribution in [0.4, 0.5) is 0 Å². The quantitative estimate of drug-likeness (QED) is 0.362. The molecule has 146 valence electrons. The fraction of sp³-hybridized carbons (Fsp3) is 0.450. The molecule has 1 fully saturated rings. The number of aliphatic hydroxyl groups is 1. The predicted octanol–water partition coefficient (Wildman–Crippen LogP) is -6.71. The Morgan fingerprint density at radius 2 is 1.55 bits per heavy atom. The summed E-state index contributed by atoms with van der Waals surface area (Å²) in [7, 11) is 0. The number of rotatable bonds is 6. The molecule has 0 spiro atoms. The Bertz CT molecular complexity index is 753. The van der Waals surface area contributed by atoms with Crippen molar-refractivity contribution in [2.24, 2.45) is 5.92 Å². The van der Waals surface area contributed by atoms with Crippen LogP contribution in [0.1, 0.15) is 42.6 Å². The average molecular weight is 419 g/mol. The van der Waals surface area contributed by atoms with E-state index in [1.807, 2.05) is 0 Å². The second kappa shape index (κ2) is 12.9. The van der Waals surface area contributed by atoms with Gasteiger partial charge in [-0.3, -0.25) is 4.79 Å². The zero-order chi connectivity index (χ0) is 20.1. The van der Waals surface area contributed by atoms with Crippen LogP contribution in [0.25, 0.3) is 0 Å². The number of piperidine rings is 1. The minimum atomic E-state index is -1.55. The van der Waals surface area contributed by atoms with Crippen LogP contribution in [0.15, 0.2) is 35.4 Å². The molecule has 9 heteroatoms. The van der Waals surface area contributed by atoms with E-state index in [1.54, 1.807) is 43.0 Å². The van der Waals surface area contributed by atoms with E-state index in [4.69, 9.17) is 0 Å². The number of amides is 1. The van der Waals surface area contributed by atoms with E-state index in [0.29, 0.717) is 37.1 Å². The Hall–Kier alpha value is -0.670. The molecule has 1 heterocycles. The van der Waals surface area contributed by atoms with Crippen molar-refractivity contribution >= 4 is 17.8 Å². The fourth-order valence-corrected chi connectivity index (χ4v) is 3.21. The summed E-state index contributed by atoms with van der Waals surface area (Å²) in [5.74, 6) is -3.75. The summed E-state index contributed by atoms with van der Waals surface area (Å²) in [6.45, 7) is 4.13. The van der Waals surface area contributed by atoms with Gasteiger partial charge in [0.15, 0.2) is 0 Å². The number of aliphatic carboxylic acids is 2. The molecule has 0 saturated carbocycles. The molecule has 1 aromatic rings.